The summed E-state index contributed by atoms with van der Waals surface area (Å²) in [5, 5.41) is 12.0. The second kappa shape index (κ2) is 7.62. The summed E-state index contributed by atoms with van der Waals surface area (Å²) in [5.41, 5.74) is 1.26. The van der Waals surface area contributed by atoms with E-state index in [1.54, 1.807) is 42.5 Å². The first kappa shape index (κ1) is 17.4. The highest BCUT2D eigenvalue weighted by atomic mass is 16.7. The molecule has 0 aromatic heterocycles. The van der Waals surface area contributed by atoms with E-state index in [1.807, 2.05) is 19.9 Å². The van der Waals surface area contributed by atoms with Crippen molar-refractivity contribution in [2.75, 3.05) is 12.1 Å². The lowest BCUT2D eigenvalue weighted by Crippen LogP contribution is -2.13. The lowest BCUT2D eigenvalue weighted by molar-refractivity contribution is -0.112. The van der Waals surface area contributed by atoms with E-state index in [0.29, 0.717) is 17.2 Å². The summed E-state index contributed by atoms with van der Waals surface area (Å²) in [6, 6.07) is 14.2. The molecule has 1 N–H and O–H groups in total. The molecule has 0 radical (unpaired) electrons. The van der Waals surface area contributed by atoms with Crippen LogP contribution in [0.25, 0.3) is 6.08 Å². The number of carbonyl (C=O) groups is 1. The average molecular weight is 350 g/mol. The minimum atomic E-state index is -0.492. The minimum absolute atomic E-state index is 0.000180. The quantitative estimate of drug-likeness (QED) is 0.656. The number of amides is 1. The lowest BCUT2D eigenvalue weighted by atomic mass is 10.1. The van der Waals surface area contributed by atoms with Crippen molar-refractivity contribution in [2.24, 2.45) is 0 Å². The van der Waals surface area contributed by atoms with Gasteiger partial charge < -0.3 is 19.5 Å². The Morgan fingerprint density at radius 1 is 1.19 bits per heavy atom. The van der Waals surface area contributed by atoms with E-state index in [1.165, 1.54) is 6.08 Å². The highest BCUT2D eigenvalue weighted by Crippen LogP contribution is 2.34. The van der Waals surface area contributed by atoms with Gasteiger partial charge in [-0.25, -0.2) is 0 Å². The van der Waals surface area contributed by atoms with Gasteiger partial charge >= 0.3 is 0 Å². The molecule has 1 heterocycles. The molecule has 0 spiro atoms. The first-order valence-electron chi connectivity index (χ1n) is 8.14. The number of hydrogen-bond acceptors (Lipinski definition) is 5. The number of rotatable bonds is 5. The van der Waals surface area contributed by atoms with Crippen LogP contribution in [0.1, 0.15) is 19.4 Å². The molecule has 0 aliphatic carbocycles. The van der Waals surface area contributed by atoms with Crippen LogP contribution >= 0.6 is 0 Å². The third-order valence-electron chi connectivity index (χ3n) is 3.56. The summed E-state index contributed by atoms with van der Waals surface area (Å²) in [4.78, 5) is 12.4. The number of carbonyl (C=O) groups excluding carboxylic acids is 1. The molecule has 2 aromatic rings. The summed E-state index contributed by atoms with van der Waals surface area (Å²) in [5.74, 6) is 1.43. The first-order valence-corrected chi connectivity index (χ1v) is 8.14. The standard InChI is InChI=1S/C20H18N2O4/c1-13(2)26-17-6-3-14(4-7-17)9-15(11-21)20(23)22-16-5-8-18-19(10-16)25-12-24-18/h3-10,13H,12H2,1-2H3,(H,22,23)/b15-9+. The van der Waals surface area contributed by atoms with Gasteiger partial charge in [-0.15, -0.1) is 0 Å². The third kappa shape index (κ3) is 4.14. The van der Waals surface area contributed by atoms with Crippen molar-refractivity contribution in [1.29, 1.82) is 5.26 Å². The molecule has 0 bridgehead atoms. The van der Waals surface area contributed by atoms with E-state index >= 15 is 0 Å². The lowest BCUT2D eigenvalue weighted by Gasteiger charge is -2.09. The predicted molar refractivity (Wildman–Crippen MR) is 97.0 cm³/mol. The Hall–Kier alpha value is -3.46. The second-order valence-electron chi connectivity index (χ2n) is 5.93. The van der Waals surface area contributed by atoms with Crippen LogP contribution in [0.5, 0.6) is 17.2 Å². The van der Waals surface area contributed by atoms with E-state index in [4.69, 9.17) is 14.2 Å². The molecule has 6 heteroatoms. The normalized spacial score (nSPS) is 12.6. The van der Waals surface area contributed by atoms with Crippen LogP contribution in [0.15, 0.2) is 48.0 Å². The van der Waals surface area contributed by atoms with Crippen LogP contribution in [0.4, 0.5) is 5.69 Å². The van der Waals surface area contributed by atoms with Gasteiger partial charge in [0.1, 0.15) is 17.4 Å². The van der Waals surface area contributed by atoms with Gasteiger partial charge in [0.2, 0.25) is 6.79 Å². The Morgan fingerprint density at radius 2 is 1.92 bits per heavy atom. The molecule has 0 fully saturated rings. The number of nitrogens with zero attached hydrogens (tertiary/aromatic N) is 1. The number of fused-ring (bicyclic) bond motifs is 1. The van der Waals surface area contributed by atoms with Gasteiger partial charge in [0.15, 0.2) is 11.5 Å². The highest BCUT2D eigenvalue weighted by Gasteiger charge is 2.15. The van der Waals surface area contributed by atoms with Crippen LogP contribution in [0, 0.1) is 11.3 Å². The second-order valence-corrected chi connectivity index (χ2v) is 5.93. The molecular formula is C20H18N2O4. The van der Waals surface area contributed by atoms with Gasteiger partial charge in [0.25, 0.3) is 5.91 Å². The van der Waals surface area contributed by atoms with Crippen LogP contribution in [-0.2, 0) is 4.79 Å². The van der Waals surface area contributed by atoms with Crippen molar-refractivity contribution in [3.8, 4) is 23.3 Å². The maximum atomic E-state index is 12.4. The van der Waals surface area contributed by atoms with Gasteiger partial charge in [-0.1, -0.05) is 12.1 Å². The zero-order chi connectivity index (χ0) is 18.5. The summed E-state index contributed by atoms with van der Waals surface area (Å²) in [6.45, 7) is 4.05. The van der Waals surface area contributed by atoms with Crippen molar-refractivity contribution in [3.05, 3.63) is 53.6 Å². The van der Waals surface area contributed by atoms with Crippen molar-refractivity contribution in [3.63, 3.8) is 0 Å². The molecule has 3 rings (SSSR count). The first-order chi connectivity index (χ1) is 12.5. The Labute approximate surface area is 151 Å². The monoisotopic (exact) mass is 350 g/mol. The summed E-state index contributed by atoms with van der Waals surface area (Å²) < 4.78 is 16.1. The molecule has 132 valence electrons. The molecule has 1 aliphatic heterocycles. The van der Waals surface area contributed by atoms with E-state index in [9.17, 15) is 10.1 Å². The number of anilines is 1. The highest BCUT2D eigenvalue weighted by molar-refractivity contribution is 6.09. The van der Waals surface area contributed by atoms with Crippen molar-refractivity contribution in [1.82, 2.24) is 0 Å². The molecule has 0 saturated carbocycles. The van der Waals surface area contributed by atoms with E-state index in [0.717, 1.165) is 11.3 Å². The summed E-state index contributed by atoms with van der Waals surface area (Å²) >= 11 is 0. The van der Waals surface area contributed by atoms with E-state index in [-0.39, 0.29) is 18.5 Å². The topological polar surface area (TPSA) is 80.6 Å². The molecule has 0 saturated heterocycles. The van der Waals surface area contributed by atoms with Gasteiger partial charge in [-0.3, -0.25) is 4.79 Å². The fraction of sp³-hybridized carbons (Fsp3) is 0.200. The largest absolute Gasteiger partial charge is 0.491 e. The maximum absolute atomic E-state index is 12.4. The minimum Gasteiger partial charge on any atom is -0.491 e. The Balaban J connectivity index is 1.72. The van der Waals surface area contributed by atoms with E-state index in [2.05, 4.69) is 5.32 Å². The fourth-order valence-corrected chi connectivity index (χ4v) is 2.40. The molecule has 2 aromatic carbocycles. The number of ether oxygens (including phenoxy) is 3. The Morgan fingerprint density at radius 3 is 2.62 bits per heavy atom. The predicted octanol–water partition coefficient (Wildman–Crippen LogP) is 3.75. The number of hydrogen-bond donors (Lipinski definition) is 1. The molecular weight excluding hydrogens is 332 g/mol. The smallest absolute Gasteiger partial charge is 0.266 e. The number of nitrogens with one attached hydrogen (secondary N) is 1. The summed E-state index contributed by atoms with van der Waals surface area (Å²) in [6.07, 6.45) is 1.61. The molecule has 1 aliphatic rings. The Kier molecular flexibility index (Phi) is 5.09. The van der Waals surface area contributed by atoms with Crippen molar-refractivity contribution >= 4 is 17.7 Å². The molecule has 0 atom stereocenters. The molecule has 6 nitrogen and oxygen atoms in total. The van der Waals surface area contributed by atoms with E-state index < -0.39 is 5.91 Å². The fourth-order valence-electron chi connectivity index (χ4n) is 2.40. The number of benzene rings is 2. The van der Waals surface area contributed by atoms with Crippen LogP contribution in [-0.4, -0.2) is 18.8 Å². The zero-order valence-corrected chi connectivity index (χ0v) is 14.5. The van der Waals surface area contributed by atoms with Gasteiger partial charge in [-0.05, 0) is 49.8 Å². The molecule has 1 amide bonds. The number of nitriles is 1. The van der Waals surface area contributed by atoms with Crippen LogP contribution in [0.3, 0.4) is 0 Å². The Bertz CT molecular complexity index is 880. The molecule has 0 unspecified atom stereocenters. The summed E-state index contributed by atoms with van der Waals surface area (Å²) in [7, 11) is 0. The van der Waals surface area contributed by atoms with Crippen molar-refractivity contribution in [2.45, 2.75) is 20.0 Å². The van der Waals surface area contributed by atoms with Gasteiger partial charge in [0.05, 0.1) is 6.10 Å². The van der Waals surface area contributed by atoms with Gasteiger partial charge in [0, 0.05) is 11.8 Å². The van der Waals surface area contributed by atoms with Crippen LogP contribution in [0.2, 0.25) is 0 Å². The maximum Gasteiger partial charge on any atom is 0.266 e. The van der Waals surface area contributed by atoms with Gasteiger partial charge in [-0.2, -0.15) is 5.26 Å². The zero-order valence-electron chi connectivity index (χ0n) is 14.5. The van der Waals surface area contributed by atoms with Crippen LogP contribution < -0.4 is 19.5 Å². The average Bonchev–Trinajstić information content (AvgIpc) is 3.08. The SMILES string of the molecule is CC(C)Oc1ccc(/C=C(\C#N)C(=O)Nc2ccc3c(c2)OCO3)cc1. The van der Waals surface area contributed by atoms with Crippen molar-refractivity contribution < 1.29 is 19.0 Å². The third-order valence-corrected chi connectivity index (χ3v) is 3.56. The molecule has 26 heavy (non-hydrogen) atoms.